The summed E-state index contributed by atoms with van der Waals surface area (Å²) in [7, 11) is 1.57. The number of benzene rings is 1. The topological polar surface area (TPSA) is 46.0 Å². The van der Waals surface area contributed by atoms with Crippen LogP contribution in [0.4, 0.5) is 10.5 Å². The average molecular weight is 299 g/mol. The van der Waals surface area contributed by atoms with E-state index in [1.165, 1.54) is 4.90 Å². The van der Waals surface area contributed by atoms with Crippen LogP contribution in [0.2, 0.25) is 5.02 Å². The molecule has 1 aliphatic rings. The van der Waals surface area contributed by atoms with Crippen molar-refractivity contribution >= 4 is 23.3 Å². The van der Waals surface area contributed by atoms with Gasteiger partial charge in [-0.25, -0.2) is 4.79 Å². The van der Waals surface area contributed by atoms with Gasteiger partial charge >= 0.3 is 6.03 Å². The molecule has 2 amide bonds. The molecule has 0 saturated carbocycles. The van der Waals surface area contributed by atoms with Crippen LogP contribution in [0.3, 0.4) is 0 Å². The number of carbonyl (C=O) groups is 1. The van der Waals surface area contributed by atoms with Crippen LogP contribution in [-0.2, 0) is 0 Å². The molecule has 2 N–H and O–H groups in total. The number of nitrogens with zero attached hydrogens (tertiary/aromatic N) is 1. The number of carbonyl (C=O) groups excluding carboxylic acids is 1. The van der Waals surface area contributed by atoms with E-state index in [0.29, 0.717) is 16.5 Å². The Morgan fingerprint density at radius 2 is 2.15 bits per heavy atom. The van der Waals surface area contributed by atoms with Crippen molar-refractivity contribution in [2.45, 2.75) is 6.92 Å². The van der Waals surface area contributed by atoms with E-state index in [2.05, 4.69) is 12.2 Å². The molecule has 1 saturated heterocycles. The van der Waals surface area contributed by atoms with E-state index in [1.807, 2.05) is 4.90 Å². The smallest absolute Gasteiger partial charge is 0.322 e. The highest BCUT2D eigenvalue weighted by atomic mass is 35.5. The fraction of sp³-hybridized carbons (Fsp3) is 0.500. The first-order valence-electron chi connectivity index (χ1n) is 6.87. The van der Waals surface area contributed by atoms with Crippen molar-refractivity contribution in [1.29, 1.82) is 0 Å². The van der Waals surface area contributed by atoms with Crippen molar-refractivity contribution in [3.05, 3.63) is 23.2 Å². The van der Waals surface area contributed by atoms with E-state index in [4.69, 9.17) is 16.3 Å². The van der Waals surface area contributed by atoms with Gasteiger partial charge in [0.15, 0.2) is 0 Å². The molecule has 0 unspecified atom stereocenters. The maximum Gasteiger partial charge on any atom is 0.322 e. The molecule has 110 valence electrons. The van der Waals surface area contributed by atoms with Gasteiger partial charge in [0, 0.05) is 5.02 Å². The van der Waals surface area contributed by atoms with Crippen LogP contribution in [-0.4, -0.2) is 50.8 Å². The second-order valence-corrected chi connectivity index (χ2v) is 5.30. The lowest BCUT2D eigenvalue weighted by molar-refractivity contribution is -0.902. The number of anilines is 1. The van der Waals surface area contributed by atoms with E-state index in [0.717, 1.165) is 32.7 Å². The number of rotatable bonds is 3. The summed E-state index contributed by atoms with van der Waals surface area (Å²) in [5.74, 6) is 0.612. The maximum absolute atomic E-state index is 12.2. The summed E-state index contributed by atoms with van der Waals surface area (Å²) in [6.45, 7) is 6.82. The van der Waals surface area contributed by atoms with Gasteiger partial charge in [-0.3, -0.25) is 0 Å². The summed E-state index contributed by atoms with van der Waals surface area (Å²) in [6.07, 6.45) is 0. The van der Waals surface area contributed by atoms with Crippen molar-refractivity contribution in [3.8, 4) is 5.75 Å². The number of likely N-dealkylation sites (N-methyl/N-ethyl adjacent to an activating group) is 1. The van der Waals surface area contributed by atoms with Crippen LogP contribution < -0.4 is 15.0 Å². The van der Waals surface area contributed by atoms with E-state index < -0.39 is 0 Å². The Bertz CT molecular complexity index is 473. The van der Waals surface area contributed by atoms with Gasteiger partial charge in [0.25, 0.3) is 0 Å². The first kappa shape index (κ1) is 14.9. The molecule has 1 fully saturated rings. The van der Waals surface area contributed by atoms with Crippen molar-refractivity contribution in [2.75, 3.05) is 45.2 Å². The van der Waals surface area contributed by atoms with Crippen LogP contribution >= 0.6 is 11.6 Å². The van der Waals surface area contributed by atoms with E-state index in [9.17, 15) is 4.79 Å². The lowest BCUT2D eigenvalue weighted by Crippen LogP contribution is -3.14. The van der Waals surface area contributed by atoms with Crippen molar-refractivity contribution in [1.82, 2.24) is 4.90 Å². The lowest BCUT2D eigenvalue weighted by atomic mass is 10.3. The number of nitrogens with one attached hydrogen (secondary N) is 2. The minimum Gasteiger partial charge on any atom is -0.495 e. The number of ether oxygens (including phenoxy) is 1. The standard InChI is InChI=1S/C14H20ClN3O2/c1-3-17-6-8-18(9-7-17)14(19)16-12-10-11(15)4-5-13(12)20-2/h4-5,10H,3,6-9H2,1-2H3,(H,16,19)/p+1. The highest BCUT2D eigenvalue weighted by molar-refractivity contribution is 6.31. The molecule has 6 heteroatoms. The van der Waals surface area contributed by atoms with Crippen LogP contribution in [0.25, 0.3) is 0 Å². The predicted octanol–water partition coefficient (Wildman–Crippen LogP) is 1.10. The fourth-order valence-corrected chi connectivity index (χ4v) is 2.52. The normalized spacial score (nSPS) is 16.1. The van der Waals surface area contributed by atoms with Crippen LogP contribution in [0.1, 0.15) is 6.92 Å². The molecule has 1 heterocycles. The summed E-state index contributed by atoms with van der Waals surface area (Å²) in [5.41, 5.74) is 0.607. The summed E-state index contributed by atoms with van der Waals surface area (Å²) in [5, 5.41) is 3.44. The number of halogens is 1. The van der Waals surface area contributed by atoms with Gasteiger partial charge in [0.05, 0.1) is 45.5 Å². The Labute approximate surface area is 124 Å². The minimum atomic E-state index is -0.0966. The SMILES string of the molecule is CC[NH+]1CCN(C(=O)Nc2cc(Cl)ccc2OC)CC1. The predicted molar refractivity (Wildman–Crippen MR) is 79.8 cm³/mol. The molecule has 2 rings (SSSR count). The van der Waals surface area contributed by atoms with Gasteiger partial charge < -0.3 is 19.9 Å². The second kappa shape index (κ2) is 6.81. The highest BCUT2D eigenvalue weighted by Crippen LogP contribution is 2.27. The summed E-state index contributed by atoms with van der Waals surface area (Å²) in [6, 6.07) is 5.09. The summed E-state index contributed by atoms with van der Waals surface area (Å²) < 4.78 is 5.23. The Morgan fingerprint density at radius 1 is 1.45 bits per heavy atom. The van der Waals surface area contributed by atoms with Crippen LogP contribution in [0.5, 0.6) is 5.75 Å². The Hall–Kier alpha value is -1.46. The van der Waals surface area contributed by atoms with Crippen LogP contribution in [0.15, 0.2) is 18.2 Å². The third kappa shape index (κ3) is 3.55. The zero-order valence-electron chi connectivity index (χ0n) is 11.9. The Morgan fingerprint density at radius 3 is 2.75 bits per heavy atom. The molecule has 0 spiro atoms. The molecule has 1 aromatic rings. The molecular formula is C14H21ClN3O2+. The van der Waals surface area contributed by atoms with E-state index >= 15 is 0 Å². The fourth-order valence-electron chi connectivity index (χ4n) is 2.35. The quantitative estimate of drug-likeness (QED) is 0.878. The van der Waals surface area contributed by atoms with E-state index in [1.54, 1.807) is 25.3 Å². The maximum atomic E-state index is 12.2. The molecule has 20 heavy (non-hydrogen) atoms. The molecule has 0 bridgehead atoms. The van der Waals surface area contributed by atoms with Crippen molar-refractivity contribution in [2.24, 2.45) is 0 Å². The van der Waals surface area contributed by atoms with E-state index in [-0.39, 0.29) is 6.03 Å². The molecular weight excluding hydrogens is 278 g/mol. The molecule has 0 aromatic heterocycles. The molecule has 1 aromatic carbocycles. The first-order valence-corrected chi connectivity index (χ1v) is 7.25. The minimum absolute atomic E-state index is 0.0966. The highest BCUT2D eigenvalue weighted by Gasteiger charge is 2.23. The van der Waals surface area contributed by atoms with Crippen LogP contribution in [0, 0.1) is 0 Å². The molecule has 0 aliphatic carbocycles. The third-order valence-electron chi connectivity index (χ3n) is 3.66. The van der Waals surface area contributed by atoms with Gasteiger partial charge in [-0.2, -0.15) is 0 Å². The number of hydrogen-bond acceptors (Lipinski definition) is 2. The molecule has 5 nitrogen and oxygen atoms in total. The zero-order chi connectivity index (χ0) is 14.5. The molecule has 0 radical (unpaired) electrons. The zero-order valence-corrected chi connectivity index (χ0v) is 12.7. The number of urea groups is 1. The number of quaternary nitrogens is 1. The largest absolute Gasteiger partial charge is 0.495 e. The van der Waals surface area contributed by atoms with Gasteiger partial charge in [-0.05, 0) is 25.1 Å². The average Bonchev–Trinajstić information content (AvgIpc) is 2.47. The number of methoxy groups -OCH3 is 1. The third-order valence-corrected chi connectivity index (χ3v) is 3.90. The second-order valence-electron chi connectivity index (χ2n) is 4.87. The van der Waals surface area contributed by atoms with Crippen molar-refractivity contribution < 1.29 is 14.4 Å². The van der Waals surface area contributed by atoms with Gasteiger partial charge in [0.1, 0.15) is 5.75 Å². The van der Waals surface area contributed by atoms with Gasteiger partial charge in [-0.1, -0.05) is 11.6 Å². The molecule has 0 atom stereocenters. The Kier molecular flexibility index (Phi) is 5.09. The summed E-state index contributed by atoms with van der Waals surface area (Å²) >= 11 is 5.96. The van der Waals surface area contributed by atoms with Gasteiger partial charge in [-0.15, -0.1) is 0 Å². The van der Waals surface area contributed by atoms with Gasteiger partial charge in [0.2, 0.25) is 0 Å². The molecule has 1 aliphatic heterocycles. The monoisotopic (exact) mass is 298 g/mol. The number of hydrogen-bond donors (Lipinski definition) is 2. The number of amides is 2. The summed E-state index contributed by atoms with van der Waals surface area (Å²) in [4.78, 5) is 15.6. The lowest BCUT2D eigenvalue weighted by Gasteiger charge is -2.31. The van der Waals surface area contributed by atoms with Crippen molar-refractivity contribution in [3.63, 3.8) is 0 Å². The Balaban J connectivity index is 1.99. The number of piperazine rings is 1. The first-order chi connectivity index (χ1) is 9.63.